The molecule has 0 saturated carbocycles. The van der Waals surface area contributed by atoms with Crippen LogP contribution in [0.15, 0.2) is 54.7 Å². The molecule has 36 heavy (non-hydrogen) atoms. The van der Waals surface area contributed by atoms with Crippen molar-refractivity contribution < 1.29 is 19.4 Å². The lowest BCUT2D eigenvalue weighted by molar-refractivity contribution is -0.386. The SMILES string of the molecule is Cc1nn(Cn2ccc(C(=O)Nc3cc(Oc4ccc(Cl)cc4)cc([N+](=O)[O-])c3)n2)c(C)c1[N+](=O)[O-]. The second-order valence-corrected chi connectivity index (χ2v) is 8.08. The summed E-state index contributed by atoms with van der Waals surface area (Å²) in [5, 5.41) is 34.0. The summed E-state index contributed by atoms with van der Waals surface area (Å²) in [6.45, 7) is 3.15. The first-order valence-corrected chi connectivity index (χ1v) is 10.7. The Morgan fingerprint density at radius 1 is 1.03 bits per heavy atom. The van der Waals surface area contributed by atoms with E-state index in [2.05, 4.69) is 15.5 Å². The molecule has 184 valence electrons. The van der Waals surface area contributed by atoms with Crippen molar-refractivity contribution in [2.75, 3.05) is 5.32 Å². The van der Waals surface area contributed by atoms with Gasteiger partial charge in [-0.2, -0.15) is 10.2 Å². The number of benzene rings is 2. The topological polar surface area (TPSA) is 160 Å². The Morgan fingerprint density at radius 2 is 1.75 bits per heavy atom. The van der Waals surface area contributed by atoms with E-state index in [1.165, 1.54) is 46.7 Å². The number of nitrogens with zero attached hydrogens (tertiary/aromatic N) is 6. The van der Waals surface area contributed by atoms with Gasteiger partial charge in [0.05, 0.1) is 21.6 Å². The van der Waals surface area contributed by atoms with Crippen molar-refractivity contribution in [3.63, 3.8) is 0 Å². The van der Waals surface area contributed by atoms with E-state index in [4.69, 9.17) is 16.3 Å². The Kier molecular flexibility index (Phi) is 6.65. The number of hydrogen-bond donors (Lipinski definition) is 1. The zero-order valence-corrected chi connectivity index (χ0v) is 19.7. The van der Waals surface area contributed by atoms with Gasteiger partial charge in [-0.05, 0) is 44.2 Å². The minimum atomic E-state index is -0.619. The van der Waals surface area contributed by atoms with Crippen LogP contribution < -0.4 is 10.1 Å². The summed E-state index contributed by atoms with van der Waals surface area (Å²) in [5.41, 5.74) is 0.407. The maximum Gasteiger partial charge on any atom is 0.312 e. The molecule has 4 aromatic rings. The van der Waals surface area contributed by atoms with Gasteiger partial charge in [0.1, 0.15) is 29.6 Å². The monoisotopic (exact) mass is 511 g/mol. The molecule has 0 atom stereocenters. The summed E-state index contributed by atoms with van der Waals surface area (Å²) in [7, 11) is 0. The largest absolute Gasteiger partial charge is 0.457 e. The highest BCUT2D eigenvalue weighted by molar-refractivity contribution is 6.30. The lowest BCUT2D eigenvalue weighted by atomic mass is 10.2. The predicted molar refractivity (Wildman–Crippen MR) is 129 cm³/mol. The number of nitro groups is 2. The predicted octanol–water partition coefficient (Wildman–Crippen LogP) is 4.72. The number of aryl methyl sites for hydroxylation is 1. The van der Waals surface area contributed by atoms with Crippen molar-refractivity contribution in [3.8, 4) is 11.5 Å². The molecule has 0 saturated heterocycles. The lowest BCUT2D eigenvalue weighted by Gasteiger charge is -2.09. The molecule has 1 N–H and O–H groups in total. The fourth-order valence-electron chi connectivity index (χ4n) is 3.44. The molecule has 0 aliphatic carbocycles. The third-order valence-electron chi connectivity index (χ3n) is 5.09. The molecular formula is C22H18ClN7O6. The van der Waals surface area contributed by atoms with Crippen LogP contribution in [-0.4, -0.2) is 35.3 Å². The van der Waals surface area contributed by atoms with Crippen LogP contribution in [0.4, 0.5) is 17.1 Å². The number of anilines is 1. The number of hydrogen-bond acceptors (Lipinski definition) is 8. The number of nitro benzene ring substituents is 1. The fraction of sp³-hybridized carbons (Fsp3) is 0.136. The number of rotatable bonds is 8. The van der Waals surface area contributed by atoms with Crippen molar-refractivity contribution in [2.45, 2.75) is 20.5 Å². The average molecular weight is 512 g/mol. The Bertz CT molecular complexity index is 1480. The number of carbonyl (C=O) groups excluding carboxylic acids is 1. The normalized spacial score (nSPS) is 10.8. The van der Waals surface area contributed by atoms with Crippen molar-refractivity contribution in [1.82, 2.24) is 19.6 Å². The number of ether oxygens (including phenoxy) is 1. The third kappa shape index (κ3) is 5.31. The summed E-state index contributed by atoms with van der Waals surface area (Å²) < 4.78 is 8.47. The van der Waals surface area contributed by atoms with Gasteiger partial charge < -0.3 is 10.1 Å². The second-order valence-electron chi connectivity index (χ2n) is 7.64. The van der Waals surface area contributed by atoms with E-state index in [1.807, 2.05) is 0 Å². The molecule has 1 amide bonds. The Labute approximate surface area is 208 Å². The van der Waals surface area contributed by atoms with Crippen LogP contribution in [-0.2, 0) is 6.67 Å². The molecule has 2 heterocycles. The van der Waals surface area contributed by atoms with Gasteiger partial charge in [-0.15, -0.1) is 0 Å². The Hall–Kier alpha value is -4.78. The first-order chi connectivity index (χ1) is 17.1. The molecule has 14 heteroatoms. The van der Waals surface area contributed by atoms with Crippen LogP contribution in [0.2, 0.25) is 5.02 Å². The van der Waals surface area contributed by atoms with Crippen molar-refractivity contribution >= 4 is 34.6 Å². The Balaban J connectivity index is 1.52. The summed E-state index contributed by atoms with van der Waals surface area (Å²) in [5.74, 6) is -0.0789. The van der Waals surface area contributed by atoms with E-state index in [0.717, 1.165) is 0 Å². The maximum atomic E-state index is 12.8. The van der Waals surface area contributed by atoms with Gasteiger partial charge in [-0.25, -0.2) is 4.68 Å². The molecule has 0 fully saturated rings. The van der Waals surface area contributed by atoms with Gasteiger partial charge in [0.2, 0.25) is 0 Å². The van der Waals surface area contributed by atoms with E-state index in [0.29, 0.717) is 16.5 Å². The van der Waals surface area contributed by atoms with Crippen molar-refractivity contribution in [2.24, 2.45) is 0 Å². The quantitative estimate of drug-likeness (QED) is 0.262. The van der Waals surface area contributed by atoms with Gasteiger partial charge >= 0.3 is 5.69 Å². The molecule has 2 aromatic carbocycles. The molecule has 2 aromatic heterocycles. The second kappa shape index (κ2) is 9.84. The molecule has 0 aliphatic rings. The van der Waals surface area contributed by atoms with Crippen molar-refractivity contribution in [1.29, 1.82) is 0 Å². The molecule has 0 radical (unpaired) electrons. The van der Waals surface area contributed by atoms with Crippen LogP contribution in [0, 0.1) is 34.1 Å². The van der Waals surface area contributed by atoms with Crippen LogP contribution in [0.5, 0.6) is 11.5 Å². The van der Waals surface area contributed by atoms with Gasteiger partial charge in [0, 0.05) is 23.4 Å². The smallest absolute Gasteiger partial charge is 0.312 e. The van der Waals surface area contributed by atoms with Crippen LogP contribution in [0.3, 0.4) is 0 Å². The number of non-ortho nitro benzene ring substituents is 1. The minimum absolute atomic E-state index is 0.0257. The minimum Gasteiger partial charge on any atom is -0.457 e. The van der Waals surface area contributed by atoms with Crippen molar-refractivity contribution in [3.05, 3.63) is 97.1 Å². The summed E-state index contributed by atoms with van der Waals surface area (Å²) in [6, 6.07) is 11.7. The lowest BCUT2D eigenvalue weighted by Crippen LogP contribution is -2.16. The highest BCUT2D eigenvalue weighted by Crippen LogP contribution is 2.30. The zero-order valence-electron chi connectivity index (χ0n) is 18.9. The molecule has 0 unspecified atom stereocenters. The molecule has 0 bridgehead atoms. The number of nitrogens with one attached hydrogen (secondary N) is 1. The number of amides is 1. The number of carbonyl (C=O) groups is 1. The molecule has 0 aliphatic heterocycles. The summed E-state index contributed by atoms with van der Waals surface area (Å²) in [4.78, 5) is 34.2. The first kappa shape index (κ1) is 24.3. The van der Waals surface area contributed by atoms with Crippen LogP contribution >= 0.6 is 11.6 Å². The number of aromatic nitrogens is 4. The maximum absolute atomic E-state index is 12.8. The molecular weight excluding hydrogens is 494 g/mol. The van der Waals surface area contributed by atoms with Gasteiger partial charge in [0.15, 0.2) is 5.69 Å². The van der Waals surface area contributed by atoms with E-state index in [1.54, 1.807) is 31.2 Å². The standard InChI is InChI=1S/C22H18ClN7O6/c1-13-21(30(34)35)14(2)28(25-13)12-27-8-7-20(26-27)22(31)24-16-9-17(29(32)33)11-19(10-16)36-18-5-3-15(23)4-6-18/h3-11H,12H2,1-2H3,(H,24,31). The van der Waals surface area contributed by atoms with E-state index < -0.39 is 15.8 Å². The van der Waals surface area contributed by atoms with Gasteiger partial charge in [-0.1, -0.05) is 11.6 Å². The van der Waals surface area contributed by atoms with E-state index in [9.17, 15) is 25.0 Å². The summed E-state index contributed by atoms with van der Waals surface area (Å²) in [6.07, 6.45) is 1.51. The first-order valence-electron chi connectivity index (χ1n) is 10.4. The highest BCUT2D eigenvalue weighted by Gasteiger charge is 2.22. The third-order valence-corrected chi connectivity index (χ3v) is 5.34. The zero-order chi connectivity index (χ0) is 26.0. The molecule has 0 spiro atoms. The highest BCUT2D eigenvalue weighted by atomic mass is 35.5. The molecule has 13 nitrogen and oxygen atoms in total. The fourth-order valence-corrected chi connectivity index (χ4v) is 3.57. The number of halogens is 1. The van der Waals surface area contributed by atoms with Crippen LogP contribution in [0.25, 0.3) is 0 Å². The van der Waals surface area contributed by atoms with Gasteiger partial charge in [-0.3, -0.25) is 29.7 Å². The average Bonchev–Trinajstić information content (AvgIpc) is 3.39. The summed E-state index contributed by atoms with van der Waals surface area (Å²) >= 11 is 5.87. The van der Waals surface area contributed by atoms with E-state index >= 15 is 0 Å². The van der Waals surface area contributed by atoms with E-state index in [-0.39, 0.29) is 40.9 Å². The molecule has 4 rings (SSSR count). The van der Waals surface area contributed by atoms with Crippen LogP contribution in [0.1, 0.15) is 21.9 Å². The van der Waals surface area contributed by atoms with Gasteiger partial charge in [0.25, 0.3) is 11.6 Å². The Morgan fingerprint density at radius 3 is 2.39 bits per heavy atom.